The number of nitrogens with one attached hydrogen (secondary N) is 1. The van der Waals surface area contributed by atoms with E-state index in [4.69, 9.17) is 0 Å². The van der Waals surface area contributed by atoms with Crippen molar-refractivity contribution in [3.63, 3.8) is 0 Å². The van der Waals surface area contributed by atoms with Crippen molar-refractivity contribution in [3.8, 4) is 0 Å². The quantitative estimate of drug-likeness (QED) is 0.776. The zero-order chi connectivity index (χ0) is 17.1. The van der Waals surface area contributed by atoms with Crippen molar-refractivity contribution < 1.29 is 13.5 Å². The number of nitrogens with zero attached hydrogens (tertiary/aromatic N) is 1. The van der Waals surface area contributed by atoms with Gasteiger partial charge in [0.2, 0.25) is 0 Å². The monoisotopic (exact) mass is 340 g/mol. The number of likely N-dealkylation sites (tertiary alicyclic amines) is 1. The van der Waals surface area contributed by atoms with Gasteiger partial charge >= 0.3 is 0 Å². The molecule has 1 fully saturated rings. The van der Waals surface area contributed by atoms with E-state index in [9.17, 15) is 13.5 Å². The molecule has 2 atom stereocenters. The van der Waals surface area contributed by atoms with Gasteiger partial charge in [0, 0.05) is 38.5 Å². The van der Waals surface area contributed by atoms with Crippen molar-refractivity contribution in [3.05, 3.63) is 35.9 Å². The molecule has 1 saturated heterocycles. The average Bonchev–Trinajstić information content (AvgIpc) is 2.78. The van der Waals surface area contributed by atoms with E-state index in [0.29, 0.717) is 19.6 Å². The maximum atomic E-state index is 11.7. The lowest BCUT2D eigenvalue weighted by atomic mass is 10.1. The minimum atomic E-state index is -3.10. The molecule has 23 heavy (non-hydrogen) atoms. The Kier molecular flexibility index (Phi) is 5.84. The molecule has 0 aromatic heterocycles. The average molecular weight is 340 g/mol. The van der Waals surface area contributed by atoms with E-state index in [2.05, 4.69) is 22.3 Å². The van der Waals surface area contributed by atoms with Crippen LogP contribution in [-0.4, -0.2) is 61.2 Å². The third-order valence-electron chi connectivity index (χ3n) is 4.67. The highest BCUT2D eigenvalue weighted by molar-refractivity contribution is 7.92. The van der Waals surface area contributed by atoms with E-state index in [0.717, 1.165) is 13.0 Å². The normalized spacial score (nSPS) is 23.3. The Bertz CT molecular complexity index is 602. The molecule has 0 spiro atoms. The van der Waals surface area contributed by atoms with Gasteiger partial charge in [-0.25, -0.2) is 8.42 Å². The lowest BCUT2D eigenvalue weighted by molar-refractivity contribution is 0.172. The van der Waals surface area contributed by atoms with Gasteiger partial charge in [-0.3, -0.25) is 4.90 Å². The number of sulfone groups is 1. The van der Waals surface area contributed by atoms with E-state index in [-0.39, 0.29) is 12.1 Å². The van der Waals surface area contributed by atoms with Crippen LogP contribution >= 0.6 is 0 Å². The summed E-state index contributed by atoms with van der Waals surface area (Å²) in [5.41, 5.74) is 1.23. The zero-order valence-corrected chi connectivity index (χ0v) is 15.0. The summed E-state index contributed by atoms with van der Waals surface area (Å²) in [6, 6.07) is 10.4. The molecule has 1 aliphatic heterocycles. The van der Waals surface area contributed by atoms with Crippen molar-refractivity contribution in [2.24, 2.45) is 0 Å². The standard InChI is InChI=1S/C17H28N2O3S/c1-17(2,23(3,21)22)13-18-10-15-9-16(20)12-19(15)11-14-7-5-4-6-8-14/h4-8,15-16,18,20H,9-13H2,1-3H3. The summed E-state index contributed by atoms with van der Waals surface area (Å²) < 4.78 is 22.7. The number of aliphatic hydroxyl groups excluding tert-OH is 1. The summed E-state index contributed by atoms with van der Waals surface area (Å²) in [6.45, 7) is 6.04. The molecule has 1 heterocycles. The van der Waals surface area contributed by atoms with Gasteiger partial charge in [-0.2, -0.15) is 0 Å². The summed E-state index contributed by atoms with van der Waals surface area (Å²) in [7, 11) is -3.10. The van der Waals surface area contributed by atoms with E-state index in [1.165, 1.54) is 11.8 Å². The molecule has 1 aromatic carbocycles. The molecule has 2 rings (SSSR count). The highest BCUT2D eigenvalue weighted by Gasteiger charge is 2.33. The van der Waals surface area contributed by atoms with Gasteiger partial charge in [-0.1, -0.05) is 30.3 Å². The van der Waals surface area contributed by atoms with Crippen LogP contribution in [0.1, 0.15) is 25.8 Å². The van der Waals surface area contributed by atoms with Crippen LogP contribution in [-0.2, 0) is 16.4 Å². The van der Waals surface area contributed by atoms with Gasteiger partial charge < -0.3 is 10.4 Å². The fourth-order valence-corrected chi connectivity index (χ4v) is 3.22. The molecular formula is C17H28N2O3S. The van der Waals surface area contributed by atoms with Crippen LogP contribution in [0.4, 0.5) is 0 Å². The fraction of sp³-hybridized carbons (Fsp3) is 0.647. The summed E-state index contributed by atoms with van der Waals surface area (Å²) in [6.07, 6.45) is 1.68. The molecule has 6 heteroatoms. The second-order valence-corrected chi connectivity index (χ2v) is 9.77. The van der Waals surface area contributed by atoms with Crippen LogP contribution in [0.5, 0.6) is 0 Å². The second kappa shape index (κ2) is 7.30. The summed E-state index contributed by atoms with van der Waals surface area (Å²) >= 11 is 0. The van der Waals surface area contributed by atoms with Crippen molar-refractivity contribution in [1.82, 2.24) is 10.2 Å². The molecule has 2 unspecified atom stereocenters. The first-order chi connectivity index (χ1) is 10.7. The van der Waals surface area contributed by atoms with Crippen molar-refractivity contribution in [2.45, 2.75) is 43.7 Å². The van der Waals surface area contributed by atoms with E-state index < -0.39 is 14.6 Å². The predicted octanol–water partition coefficient (Wildman–Crippen LogP) is 1.03. The molecule has 130 valence electrons. The van der Waals surface area contributed by atoms with Gasteiger partial charge in [0.15, 0.2) is 9.84 Å². The SMILES string of the molecule is CC(C)(CNCC1CC(O)CN1Cc1ccccc1)S(C)(=O)=O. The molecular weight excluding hydrogens is 312 g/mol. The molecule has 1 aromatic rings. The Labute approximate surface area is 139 Å². The number of aliphatic hydroxyl groups is 1. The third-order valence-corrected chi connectivity index (χ3v) is 6.82. The van der Waals surface area contributed by atoms with Crippen molar-refractivity contribution >= 4 is 9.84 Å². The molecule has 0 saturated carbocycles. The Morgan fingerprint density at radius 3 is 2.57 bits per heavy atom. The van der Waals surface area contributed by atoms with Gasteiger partial charge in [0.1, 0.15) is 0 Å². The lowest BCUT2D eigenvalue weighted by Gasteiger charge is -2.27. The topological polar surface area (TPSA) is 69.6 Å². The lowest BCUT2D eigenvalue weighted by Crippen LogP contribution is -2.45. The first-order valence-corrected chi connectivity index (χ1v) is 9.94. The molecule has 0 radical (unpaired) electrons. The van der Waals surface area contributed by atoms with Crippen LogP contribution in [0.3, 0.4) is 0 Å². The highest BCUT2D eigenvalue weighted by Crippen LogP contribution is 2.21. The summed E-state index contributed by atoms with van der Waals surface area (Å²) in [4.78, 5) is 2.26. The van der Waals surface area contributed by atoms with Gasteiger partial charge in [-0.05, 0) is 25.8 Å². The maximum absolute atomic E-state index is 11.7. The number of β-amino-alcohol motifs (C(OH)–C–C–N with tert-alkyl or cyclic N) is 1. The van der Waals surface area contributed by atoms with Crippen LogP contribution in [0, 0.1) is 0 Å². The fourth-order valence-electron chi connectivity index (χ4n) is 2.85. The molecule has 0 bridgehead atoms. The predicted molar refractivity (Wildman–Crippen MR) is 93.1 cm³/mol. The number of benzene rings is 1. The molecule has 1 aliphatic rings. The van der Waals surface area contributed by atoms with Crippen LogP contribution < -0.4 is 5.32 Å². The van der Waals surface area contributed by atoms with Gasteiger partial charge in [-0.15, -0.1) is 0 Å². The first-order valence-electron chi connectivity index (χ1n) is 8.05. The Hall–Kier alpha value is -0.950. The third kappa shape index (κ3) is 5.01. The second-order valence-electron chi connectivity index (χ2n) is 7.12. The van der Waals surface area contributed by atoms with Crippen LogP contribution in [0.15, 0.2) is 30.3 Å². The largest absolute Gasteiger partial charge is 0.392 e. The minimum Gasteiger partial charge on any atom is -0.392 e. The summed E-state index contributed by atoms with van der Waals surface area (Å²) in [5.74, 6) is 0. The minimum absolute atomic E-state index is 0.223. The Balaban J connectivity index is 1.90. The van der Waals surface area contributed by atoms with E-state index >= 15 is 0 Å². The molecule has 2 N–H and O–H groups in total. The Morgan fingerprint density at radius 1 is 1.30 bits per heavy atom. The number of rotatable bonds is 7. The summed E-state index contributed by atoms with van der Waals surface area (Å²) in [5, 5.41) is 13.2. The van der Waals surface area contributed by atoms with Gasteiger partial charge in [0.05, 0.1) is 10.9 Å². The van der Waals surface area contributed by atoms with Gasteiger partial charge in [0.25, 0.3) is 0 Å². The van der Waals surface area contributed by atoms with Crippen LogP contribution in [0.2, 0.25) is 0 Å². The van der Waals surface area contributed by atoms with E-state index in [1.54, 1.807) is 13.8 Å². The number of hydrogen-bond acceptors (Lipinski definition) is 5. The first kappa shape index (κ1) is 18.4. The number of hydrogen-bond donors (Lipinski definition) is 2. The Morgan fingerprint density at radius 2 is 1.96 bits per heavy atom. The zero-order valence-electron chi connectivity index (χ0n) is 14.2. The maximum Gasteiger partial charge on any atom is 0.153 e. The molecule has 5 nitrogen and oxygen atoms in total. The van der Waals surface area contributed by atoms with E-state index in [1.807, 2.05) is 18.2 Å². The van der Waals surface area contributed by atoms with Crippen LogP contribution in [0.25, 0.3) is 0 Å². The molecule has 0 aliphatic carbocycles. The van der Waals surface area contributed by atoms with Crippen molar-refractivity contribution in [2.75, 3.05) is 25.9 Å². The van der Waals surface area contributed by atoms with Crippen molar-refractivity contribution in [1.29, 1.82) is 0 Å². The molecule has 0 amide bonds. The smallest absolute Gasteiger partial charge is 0.153 e. The highest BCUT2D eigenvalue weighted by atomic mass is 32.2.